The number of nitrogen functional groups attached to an aromatic ring is 1. The summed E-state index contributed by atoms with van der Waals surface area (Å²) in [6, 6.07) is 7.05. The van der Waals surface area contributed by atoms with Crippen molar-refractivity contribution in [1.82, 2.24) is 4.98 Å². The van der Waals surface area contributed by atoms with E-state index in [0.29, 0.717) is 11.3 Å². The molecule has 0 aliphatic rings. The van der Waals surface area contributed by atoms with Crippen LogP contribution in [0.15, 0.2) is 36.7 Å². The van der Waals surface area contributed by atoms with Gasteiger partial charge >= 0.3 is 0 Å². The third-order valence-corrected chi connectivity index (χ3v) is 2.81. The van der Waals surface area contributed by atoms with Crippen LogP contribution in [-0.4, -0.2) is 10.9 Å². The molecule has 92 valence electrons. The predicted octanol–water partition coefficient (Wildman–Crippen LogP) is 2.53. The molecule has 4 nitrogen and oxygen atoms in total. The number of rotatable bonds is 2. The van der Waals surface area contributed by atoms with Crippen LogP contribution in [0, 0.1) is 13.8 Å². The lowest BCUT2D eigenvalue weighted by molar-refractivity contribution is 0.102. The number of carbonyl (C=O) groups excluding carboxylic acids is 1. The number of hydrogen-bond acceptors (Lipinski definition) is 3. The van der Waals surface area contributed by atoms with Crippen LogP contribution in [0.25, 0.3) is 0 Å². The summed E-state index contributed by atoms with van der Waals surface area (Å²) in [5, 5.41) is 2.84. The molecule has 1 amide bonds. The van der Waals surface area contributed by atoms with E-state index >= 15 is 0 Å². The zero-order chi connectivity index (χ0) is 13.1. The number of hydrogen-bond donors (Lipinski definition) is 2. The fourth-order valence-electron chi connectivity index (χ4n) is 1.59. The van der Waals surface area contributed by atoms with Crippen LogP contribution in [0.3, 0.4) is 0 Å². The minimum atomic E-state index is -0.170. The average molecular weight is 241 g/mol. The molecule has 0 saturated carbocycles. The first kappa shape index (κ1) is 12.1. The van der Waals surface area contributed by atoms with Gasteiger partial charge in [-0.2, -0.15) is 0 Å². The van der Waals surface area contributed by atoms with Crippen molar-refractivity contribution >= 4 is 17.3 Å². The largest absolute Gasteiger partial charge is 0.398 e. The Balaban J connectivity index is 2.22. The summed E-state index contributed by atoms with van der Waals surface area (Å²) in [6.45, 7) is 3.80. The average Bonchev–Trinajstić information content (AvgIpc) is 2.35. The second-order valence-electron chi connectivity index (χ2n) is 4.22. The normalized spacial score (nSPS) is 10.1. The van der Waals surface area contributed by atoms with Gasteiger partial charge < -0.3 is 11.1 Å². The maximum Gasteiger partial charge on any atom is 0.255 e. The van der Waals surface area contributed by atoms with Gasteiger partial charge in [0, 0.05) is 29.3 Å². The quantitative estimate of drug-likeness (QED) is 0.794. The van der Waals surface area contributed by atoms with E-state index in [1.54, 1.807) is 30.6 Å². The van der Waals surface area contributed by atoms with E-state index in [0.717, 1.165) is 16.8 Å². The highest BCUT2D eigenvalue weighted by Crippen LogP contribution is 2.16. The van der Waals surface area contributed by atoms with E-state index in [9.17, 15) is 4.79 Å². The first-order valence-corrected chi connectivity index (χ1v) is 5.66. The van der Waals surface area contributed by atoms with Gasteiger partial charge in [-0.3, -0.25) is 9.78 Å². The van der Waals surface area contributed by atoms with E-state index in [1.807, 2.05) is 19.9 Å². The Morgan fingerprint density at radius 1 is 1.22 bits per heavy atom. The molecule has 0 saturated heterocycles. The summed E-state index contributed by atoms with van der Waals surface area (Å²) in [5.74, 6) is -0.170. The summed E-state index contributed by atoms with van der Waals surface area (Å²) < 4.78 is 0. The number of carbonyl (C=O) groups is 1. The molecule has 0 bridgehead atoms. The Morgan fingerprint density at radius 2 is 2.00 bits per heavy atom. The summed E-state index contributed by atoms with van der Waals surface area (Å²) >= 11 is 0. The van der Waals surface area contributed by atoms with Crippen molar-refractivity contribution in [3.05, 3.63) is 53.3 Å². The number of nitrogens with one attached hydrogen (secondary N) is 1. The summed E-state index contributed by atoms with van der Waals surface area (Å²) in [6.07, 6.45) is 3.35. The van der Waals surface area contributed by atoms with Gasteiger partial charge in [0.1, 0.15) is 0 Å². The smallest absolute Gasteiger partial charge is 0.255 e. The van der Waals surface area contributed by atoms with Gasteiger partial charge in [-0.1, -0.05) is 6.07 Å². The number of nitrogens with zero attached hydrogens (tertiary/aromatic N) is 1. The Bertz CT molecular complexity index is 593. The molecule has 4 heteroatoms. The predicted molar refractivity (Wildman–Crippen MR) is 72.5 cm³/mol. The zero-order valence-corrected chi connectivity index (χ0v) is 10.4. The van der Waals surface area contributed by atoms with E-state index in [2.05, 4.69) is 10.3 Å². The molecule has 3 N–H and O–H groups in total. The van der Waals surface area contributed by atoms with Crippen LogP contribution in [0.2, 0.25) is 0 Å². The molecule has 0 spiro atoms. The van der Waals surface area contributed by atoms with Gasteiger partial charge in [0.15, 0.2) is 0 Å². The molecule has 0 atom stereocenters. The third kappa shape index (κ3) is 2.48. The number of pyridine rings is 1. The van der Waals surface area contributed by atoms with E-state index in [1.165, 1.54) is 0 Å². The van der Waals surface area contributed by atoms with Crippen LogP contribution in [-0.2, 0) is 0 Å². The number of aryl methyl sites for hydroxylation is 2. The zero-order valence-electron chi connectivity index (χ0n) is 10.4. The fraction of sp³-hybridized carbons (Fsp3) is 0.143. The lowest BCUT2D eigenvalue weighted by Gasteiger charge is -2.08. The third-order valence-electron chi connectivity index (χ3n) is 2.81. The van der Waals surface area contributed by atoms with Crippen LogP contribution < -0.4 is 11.1 Å². The van der Waals surface area contributed by atoms with Crippen molar-refractivity contribution in [3.8, 4) is 0 Å². The van der Waals surface area contributed by atoms with Crippen molar-refractivity contribution in [2.45, 2.75) is 13.8 Å². The Hall–Kier alpha value is -2.36. The van der Waals surface area contributed by atoms with Crippen LogP contribution >= 0.6 is 0 Å². The first-order valence-electron chi connectivity index (χ1n) is 5.66. The highest BCUT2D eigenvalue weighted by molar-refractivity contribution is 6.05. The van der Waals surface area contributed by atoms with Crippen LogP contribution in [0.1, 0.15) is 21.5 Å². The molecule has 1 aromatic carbocycles. The van der Waals surface area contributed by atoms with Gasteiger partial charge in [-0.05, 0) is 43.2 Å². The minimum absolute atomic E-state index is 0.170. The standard InChI is InChI=1S/C14H15N3O/c1-9-3-4-11(7-12(9)15)14(18)17-13-5-6-16-8-10(13)2/h3-8H,15H2,1-2H3,(H,16,17,18). The van der Waals surface area contributed by atoms with E-state index in [-0.39, 0.29) is 5.91 Å². The number of nitrogens with two attached hydrogens (primary N) is 1. The van der Waals surface area contributed by atoms with Gasteiger partial charge in [-0.25, -0.2) is 0 Å². The number of benzene rings is 1. The van der Waals surface area contributed by atoms with Gasteiger partial charge in [0.2, 0.25) is 0 Å². The molecule has 1 aromatic heterocycles. The molecule has 0 aliphatic carbocycles. The van der Waals surface area contributed by atoms with Crippen LogP contribution in [0.5, 0.6) is 0 Å². The van der Waals surface area contributed by atoms with Crippen molar-refractivity contribution in [3.63, 3.8) is 0 Å². The molecule has 0 aliphatic heterocycles. The highest BCUT2D eigenvalue weighted by Gasteiger charge is 2.08. The lowest BCUT2D eigenvalue weighted by Crippen LogP contribution is -2.13. The maximum absolute atomic E-state index is 12.0. The molecule has 2 aromatic rings. The maximum atomic E-state index is 12.0. The van der Waals surface area contributed by atoms with Crippen molar-refractivity contribution < 1.29 is 4.79 Å². The molecule has 0 unspecified atom stereocenters. The summed E-state index contributed by atoms with van der Waals surface area (Å²) in [7, 11) is 0. The van der Waals surface area contributed by atoms with Gasteiger partial charge in [-0.15, -0.1) is 0 Å². The van der Waals surface area contributed by atoms with Crippen molar-refractivity contribution in [2.75, 3.05) is 11.1 Å². The molecule has 0 radical (unpaired) electrons. The first-order chi connectivity index (χ1) is 8.58. The second kappa shape index (κ2) is 4.87. The molecule has 1 heterocycles. The van der Waals surface area contributed by atoms with Gasteiger partial charge in [0.25, 0.3) is 5.91 Å². The molecule has 2 rings (SSSR count). The molecule has 0 fully saturated rings. The molecular formula is C14H15N3O. The SMILES string of the molecule is Cc1ccc(C(=O)Nc2ccncc2C)cc1N. The monoisotopic (exact) mass is 241 g/mol. The van der Waals surface area contributed by atoms with E-state index in [4.69, 9.17) is 5.73 Å². The molecular weight excluding hydrogens is 226 g/mol. The van der Waals surface area contributed by atoms with Gasteiger partial charge in [0.05, 0.1) is 0 Å². The van der Waals surface area contributed by atoms with E-state index < -0.39 is 0 Å². The lowest BCUT2D eigenvalue weighted by atomic mass is 10.1. The number of amides is 1. The second-order valence-corrected chi connectivity index (χ2v) is 4.22. The number of anilines is 2. The Labute approximate surface area is 106 Å². The molecule has 18 heavy (non-hydrogen) atoms. The topological polar surface area (TPSA) is 68.0 Å². The minimum Gasteiger partial charge on any atom is -0.398 e. The Morgan fingerprint density at radius 3 is 2.67 bits per heavy atom. The Kier molecular flexibility index (Phi) is 3.28. The van der Waals surface area contributed by atoms with Crippen molar-refractivity contribution in [1.29, 1.82) is 0 Å². The summed E-state index contributed by atoms with van der Waals surface area (Å²) in [5.41, 5.74) is 9.61. The fourth-order valence-corrected chi connectivity index (χ4v) is 1.59. The van der Waals surface area contributed by atoms with Crippen LogP contribution in [0.4, 0.5) is 11.4 Å². The summed E-state index contributed by atoms with van der Waals surface area (Å²) in [4.78, 5) is 16.0. The van der Waals surface area contributed by atoms with Crippen molar-refractivity contribution in [2.24, 2.45) is 0 Å². The highest BCUT2D eigenvalue weighted by atomic mass is 16.1. The number of aromatic nitrogens is 1.